The van der Waals surface area contributed by atoms with Gasteiger partial charge in [0.2, 0.25) is 5.75 Å². The smallest absolute Gasteiger partial charge is 0.355 e. The summed E-state index contributed by atoms with van der Waals surface area (Å²) in [5.74, 6) is -0.212. The van der Waals surface area contributed by atoms with Crippen LogP contribution in [0.2, 0.25) is 0 Å². The lowest BCUT2D eigenvalue weighted by molar-refractivity contribution is -0.214. The zero-order valence-corrected chi connectivity index (χ0v) is 16.8. The molecule has 0 spiro atoms. The van der Waals surface area contributed by atoms with E-state index in [0.717, 1.165) is 38.5 Å². The molecular weight excluding hydrogens is 344 g/mol. The summed E-state index contributed by atoms with van der Waals surface area (Å²) in [6.07, 6.45) is 11.3. The first-order valence-electron chi connectivity index (χ1n) is 10.3. The van der Waals surface area contributed by atoms with E-state index in [-0.39, 0.29) is 17.5 Å². The predicted molar refractivity (Wildman–Crippen MR) is 106 cm³/mol. The quantitative estimate of drug-likeness (QED) is 0.120. The topological polar surface area (TPSA) is 61.8 Å². The van der Waals surface area contributed by atoms with Crippen LogP contribution in [0, 0.1) is 0 Å². The van der Waals surface area contributed by atoms with Crippen molar-refractivity contribution in [2.75, 3.05) is 0 Å². The van der Waals surface area contributed by atoms with Crippen molar-refractivity contribution in [1.29, 1.82) is 0 Å². The minimum absolute atomic E-state index is 0.233. The molecule has 0 aliphatic rings. The number of ether oxygens (including phenoxy) is 1. The molecule has 1 aromatic rings. The number of carbonyl (C=O) groups excluding carboxylic acids is 2. The van der Waals surface area contributed by atoms with E-state index in [0.29, 0.717) is 12.8 Å². The fraction of sp³-hybridized carbons (Fsp3) is 0.636. The predicted octanol–water partition coefficient (Wildman–Crippen LogP) is 6.15. The van der Waals surface area contributed by atoms with Gasteiger partial charge in [0, 0.05) is 6.42 Å². The highest BCUT2D eigenvalue weighted by Gasteiger charge is 2.13. The fourth-order valence-electron chi connectivity index (χ4n) is 2.66. The third-order valence-electron chi connectivity index (χ3n) is 4.27. The van der Waals surface area contributed by atoms with E-state index in [4.69, 9.17) is 14.5 Å². The largest absolute Gasteiger partial charge is 0.422 e. The standard InChI is InChI=1S/C22H34O5/c1-3-5-7-9-11-17-21(23)25-19-15-13-14-16-20(19)26-27-22(24)18-12-10-8-6-4-2/h13-16H,3-12,17-18H2,1-2H3. The molecule has 0 amide bonds. The van der Waals surface area contributed by atoms with Crippen LogP contribution in [-0.2, 0) is 14.5 Å². The van der Waals surface area contributed by atoms with Crippen LogP contribution in [0.5, 0.6) is 11.5 Å². The Kier molecular flexibility index (Phi) is 12.8. The molecule has 0 radical (unpaired) electrons. The molecule has 0 N–H and O–H groups in total. The number of hydrogen-bond acceptors (Lipinski definition) is 5. The van der Waals surface area contributed by atoms with Crippen molar-refractivity contribution < 1.29 is 24.1 Å². The number of rotatable bonds is 15. The fourth-order valence-corrected chi connectivity index (χ4v) is 2.66. The van der Waals surface area contributed by atoms with Crippen molar-refractivity contribution in [2.45, 2.75) is 90.9 Å². The van der Waals surface area contributed by atoms with Gasteiger partial charge in [0.25, 0.3) is 0 Å². The molecule has 0 bridgehead atoms. The second-order valence-corrected chi connectivity index (χ2v) is 6.79. The van der Waals surface area contributed by atoms with Crippen LogP contribution >= 0.6 is 0 Å². The Bertz CT molecular complexity index is 541. The normalized spacial score (nSPS) is 10.4. The van der Waals surface area contributed by atoms with Crippen LogP contribution < -0.4 is 9.62 Å². The first-order valence-corrected chi connectivity index (χ1v) is 10.3. The van der Waals surface area contributed by atoms with Crippen LogP contribution in [0.15, 0.2) is 24.3 Å². The summed E-state index contributed by atoms with van der Waals surface area (Å²) in [7, 11) is 0. The van der Waals surface area contributed by atoms with Crippen LogP contribution in [0.4, 0.5) is 0 Å². The van der Waals surface area contributed by atoms with Gasteiger partial charge in [0.15, 0.2) is 5.75 Å². The van der Waals surface area contributed by atoms with Crippen molar-refractivity contribution in [2.24, 2.45) is 0 Å². The average molecular weight is 379 g/mol. The van der Waals surface area contributed by atoms with E-state index < -0.39 is 5.97 Å². The highest BCUT2D eigenvalue weighted by Crippen LogP contribution is 2.27. The van der Waals surface area contributed by atoms with Crippen molar-refractivity contribution in [3.63, 3.8) is 0 Å². The van der Waals surface area contributed by atoms with Gasteiger partial charge in [-0.2, -0.15) is 0 Å². The molecule has 0 saturated carbocycles. The number of benzene rings is 1. The van der Waals surface area contributed by atoms with Crippen molar-refractivity contribution >= 4 is 11.9 Å². The third kappa shape index (κ3) is 11.3. The highest BCUT2D eigenvalue weighted by molar-refractivity contribution is 5.73. The minimum Gasteiger partial charge on any atom is -0.422 e. The van der Waals surface area contributed by atoms with Crippen LogP contribution in [-0.4, -0.2) is 11.9 Å². The maximum Gasteiger partial charge on any atom is 0.355 e. The molecule has 5 nitrogen and oxygen atoms in total. The number of unbranched alkanes of at least 4 members (excludes halogenated alkanes) is 8. The van der Waals surface area contributed by atoms with Crippen molar-refractivity contribution in [1.82, 2.24) is 0 Å². The van der Waals surface area contributed by atoms with E-state index in [1.165, 1.54) is 25.7 Å². The summed E-state index contributed by atoms with van der Waals surface area (Å²) in [6.45, 7) is 4.31. The van der Waals surface area contributed by atoms with Gasteiger partial charge < -0.3 is 4.74 Å². The molecule has 0 atom stereocenters. The first-order chi connectivity index (χ1) is 13.2. The zero-order chi connectivity index (χ0) is 19.7. The maximum atomic E-state index is 12.0. The van der Waals surface area contributed by atoms with Gasteiger partial charge in [-0.1, -0.05) is 77.3 Å². The Morgan fingerprint density at radius 2 is 1.22 bits per heavy atom. The lowest BCUT2D eigenvalue weighted by Gasteiger charge is -2.10. The molecule has 0 unspecified atom stereocenters. The maximum absolute atomic E-state index is 12.0. The summed E-state index contributed by atoms with van der Waals surface area (Å²) in [5.41, 5.74) is 0. The summed E-state index contributed by atoms with van der Waals surface area (Å²) in [5, 5.41) is 0. The van der Waals surface area contributed by atoms with E-state index in [2.05, 4.69) is 13.8 Å². The Hall–Kier alpha value is -2.04. The van der Waals surface area contributed by atoms with Crippen molar-refractivity contribution in [3.8, 4) is 11.5 Å². The molecule has 1 rings (SSSR count). The lowest BCUT2D eigenvalue weighted by atomic mass is 10.1. The summed E-state index contributed by atoms with van der Waals surface area (Å²) >= 11 is 0. The van der Waals surface area contributed by atoms with Crippen molar-refractivity contribution in [3.05, 3.63) is 24.3 Å². The van der Waals surface area contributed by atoms with E-state index >= 15 is 0 Å². The summed E-state index contributed by atoms with van der Waals surface area (Å²) in [4.78, 5) is 33.7. The molecule has 0 fully saturated rings. The molecule has 27 heavy (non-hydrogen) atoms. The van der Waals surface area contributed by atoms with Gasteiger partial charge >= 0.3 is 11.9 Å². The number of esters is 1. The third-order valence-corrected chi connectivity index (χ3v) is 4.27. The molecule has 0 aliphatic carbocycles. The van der Waals surface area contributed by atoms with E-state index in [1.807, 2.05) is 0 Å². The molecule has 0 aliphatic heterocycles. The van der Waals surface area contributed by atoms with Gasteiger partial charge in [0.05, 0.1) is 6.42 Å². The molecule has 0 aromatic heterocycles. The van der Waals surface area contributed by atoms with Gasteiger partial charge in [-0.3, -0.25) is 14.6 Å². The van der Waals surface area contributed by atoms with E-state index in [1.54, 1.807) is 24.3 Å². The molecule has 5 heteroatoms. The summed E-state index contributed by atoms with van der Waals surface area (Å²) in [6, 6.07) is 6.71. The van der Waals surface area contributed by atoms with Gasteiger partial charge in [-0.15, -0.1) is 0 Å². The average Bonchev–Trinajstić information content (AvgIpc) is 2.67. The van der Waals surface area contributed by atoms with Crippen LogP contribution in [0.3, 0.4) is 0 Å². The Morgan fingerprint density at radius 1 is 0.704 bits per heavy atom. The second-order valence-electron chi connectivity index (χ2n) is 6.79. The number of para-hydroxylation sites is 2. The Labute approximate surface area is 163 Å². The molecule has 1 aromatic carbocycles. The molecule has 0 saturated heterocycles. The van der Waals surface area contributed by atoms with Crippen LogP contribution in [0.25, 0.3) is 0 Å². The monoisotopic (exact) mass is 378 g/mol. The van der Waals surface area contributed by atoms with Gasteiger partial charge in [-0.05, 0) is 25.0 Å². The Balaban J connectivity index is 2.33. The zero-order valence-electron chi connectivity index (χ0n) is 16.8. The van der Waals surface area contributed by atoms with Gasteiger partial charge in [0.1, 0.15) is 0 Å². The SMILES string of the molecule is CCCCCCCC(=O)OOc1ccccc1OC(=O)CCCCCCC. The van der Waals surface area contributed by atoms with Crippen LogP contribution in [0.1, 0.15) is 90.9 Å². The highest BCUT2D eigenvalue weighted by atomic mass is 17.2. The molecular formula is C22H34O5. The Morgan fingerprint density at radius 3 is 1.81 bits per heavy atom. The molecule has 0 heterocycles. The molecule has 152 valence electrons. The van der Waals surface area contributed by atoms with Gasteiger partial charge in [-0.25, -0.2) is 4.79 Å². The minimum atomic E-state index is -0.413. The lowest BCUT2D eigenvalue weighted by Crippen LogP contribution is -2.11. The van der Waals surface area contributed by atoms with E-state index in [9.17, 15) is 9.59 Å². The first kappa shape index (κ1) is 23.0. The second kappa shape index (κ2) is 15.1. The number of carbonyl (C=O) groups is 2. The summed E-state index contributed by atoms with van der Waals surface area (Å²) < 4.78 is 5.35. The number of hydrogen-bond donors (Lipinski definition) is 0.